The number of aliphatic hydroxyl groups excluding tert-OH is 1. The maximum Gasteiger partial charge on any atom is 0.199 e. The molecule has 132 valence electrons. The minimum absolute atomic E-state index is 0.186. The van der Waals surface area contributed by atoms with Crippen LogP contribution < -0.4 is 4.74 Å². The number of benzene rings is 1. The van der Waals surface area contributed by atoms with Crippen molar-refractivity contribution in [3.05, 3.63) is 60.6 Å². The summed E-state index contributed by atoms with van der Waals surface area (Å²) in [6, 6.07) is 11.0. The smallest absolute Gasteiger partial charge is 0.199 e. The van der Waals surface area contributed by atoms with Crippen molar-refractivity contribution >= 4 is 0 Å². The molecule has 1 N–H and O–H groups in total. The fourth-order valence-corrected chi connectivity index (χ4v) is 2.60. The second-order valence-electron chi connectivity index (χ2n) is 5.45. The molecule has 0 bridgehead atoms. The van der Waals surface area contributed by atoms with E-state index >= 15 is 0 Å². The van der Waals surface area contributed by atoms with Gasteiger partial charge in [-0.1, -0.05) is 12.1 Å². The largest absolute Gasteiger partial charge is 0.494 e. The van der Waals surface area contributed by atoms with Crippen LogP contribution >= 0.6 is 0 Å². The Hall–Kier alpha value is -3.46. The summed E-state index contributed by atoms with van der Waals surface area (Å²) in [6.45, 7) is 0.178. The Morgan fingerprint density at radius 2 is 2.08 bits per heavy atom. The molecule has 4 aromatic rings. The van der Waals surface area contributed by atoms with Crippen molar-refractivity contribution in [2.75, 3.05) is 7.11 Å². The number of methoxy groups -OCH3 is 1. The Morgan fingerprint density at radius 3 is 2.81 bits per heavy atom. The van der Waals surface area contributed by atoms with E-state index in [2.05, 4.69) is 20.2 Å². The van der Waals surface area contributed by atoms with E-state index in [1.54, 1.807) is 34.9 Å². The van der Waals surface area contributed by atoms with Crippen LogP contribution in [0.3, 0.4) is 0 Å². The first-order valence-electron chi connectivity index (χ1n) is 7.90. The predicted octanol–water partition coefficient (Wildman–Crippen LogP) is 1.67. The summed E-state index contributed by atoms with van der Waals surface area (Å²) in [6.07, 6.45) is 3.05. The van der Waals surface area contributed by atoms with E-state index in [4.69, 9.17) is 9.15 Å². The summed E-state index contributed by atoms with van der Waals surface area (Å²) < 4.78 is 14.4. The van der Waals surface area contributed by atoms with Crippen molar-refractivity contribution in [2.24, 2.45) is 0 Å². The van der Waals surface area contributed by atoms with E-state index in [1.165, 1.54) is 6.33 Å². The number of para-hydroxylation sites is 2. The van der Waals surface area contributed by atoms with Gasteiger partial charge in [0.25, 0.3) is 0 Å². The van der Waals surface area contributed by atoms with Crippen LogP contribution in [0.1, 0.15) is 11.6 Å². The SMILES string of the molecule is COc1ccccc1-n1nc(Cn2cncn2)nc1-c1ccc(CO)o1. The molecule has 9 nitrogen and oxygen atoms in total. The average molecular weight is 352 g/mol. The number of rotatable bonds is 6. The second kappa shape index (κ2) is 6.81. The van der Waals surface area contributed by atoms with Crippen LogP contribution in [0.2, 0.25) is 0 Å². The van der Waals surface area contributed by atoms with Gasteiger partial charge in [0.05, 0.1) is 7.11 Å². The molecular formula is C17H16N6O3. The van der Waals surface area contributed by atoms with Gasteiger partial charge >= 0.3 is 0 Å². The quantitative estimate of drug-likeness (QED) is 0.563. The highest BCUT2D eigenvalue weighted by Crippen LogP contribution is 2.28. The Kier molecular flexibility index (Phi) is 4.20. The lowest BCUT2D eigenvalue weighted by Gasteiger charge is -2.09. The molecule has 3 aromatic heterocycles. The van der Waals surface area contributed by atoms with Crippen LogP contribution in [0, 0.1) is 0 Å². The summed E-state index contributed by atoms with van der Waals surface area (Å²) in [5, 5.41) is 17.9. The van der Waals surface area contributed by atoms with Gasteiger partial charge in [-0.2, -0.15) is 5.10 Å². The number of nitrogens with zero attached hydrogens (tertiary/aromatic N) is 6. The zero-order chi connectivity index (χ0) is 17.9. The summed E-state index contributed by atoms with van der Waals surface area (Å²) in [5.74, 6) is 2.65. The van der Waals surface area contributed by atoms with Crippen LogP contribution in [-0.4, -0.2) is 41.7 Å². The van der Waals surface area contributed by atoms with Crippen LogP contribution in [0.25, 0.3) is 17.3 Å². The lowest BCUT2D eigenvalue weighted by atomic mass is 10.3. The molecule has 1 aromatic carbocycles. The fourth-order valence-electron chi connectivity index (χ4n) is 2.60. The maximum atomic E-state index is 9.27. The maximum absolute atomic E-state index is 9.27. The zero-order valence-electron chi connectivity index (χ0n) is 14.0. The van der Waals surface area contributed by atoms with Crippen LogP contribution in [0.5, 0.6) is 5.75 Å². The minimum Gasteiger partial charge on any atom is -0.494 e. The van der Waals surface area contributed by atoms with Gasteiger partial charge in [0.2, 0.25) is 0 Å². The van der Waals surface area contributed by atoms with E-state index in [0.29, 0.717) is 35.5 Å². The topological polar surface area (TPSA) is 104 Å². The molecule has 0 saturated carbocycles. The van der Waals surface area contributed by atoms with E-state index < -0.39 is 0 Å². The lowest BCUT2D eigenvalue weighted by Crippen LogP contribution is -2.04. The molecule has 9 heteroatoms. The molecule has 0 amide bonds. The van der Waals surface area contributed by atoms with Gasteiger partial charge in [-0.05, 0) is 24.3 Å². The standard InChI is InChI=1S/C17H16N6O3/c1-25-14-5-3-2-4-13(14)23-17(15-7-6-12(9-24)26-15)20-16(21-23)8-22-11-18-10-19-22/h2-7,10-11,24H,8-9H2,1H3. The molecule has 4 rings (SSSR count). The van der Waals surface area contributed by atoms with Gasteiger partial charge in [0.15, 0.2) is 17.4 Å². The number of ether oxygens (including phenoxy) is 1. The molecule has 0 fully saturated rings. The number of aliphatic hydroxyl groups is 1. The van der Waals surface area contributed by atoms with E-state index in [1.807, 2.05) is 24.3 Å². The lowest BCUT2D eigenvalue weighted by molar-refractivity contribution is 0.248. The molecule has 0 saturated heterocycles. The summed E-state index contributed by atoms with van der Waals surface area (Å²) in [7, 11) is 1.60. The normalized spacial score (nSPS) is 11.0. The summed E-state index contributed by atoms with van der Waals surface area (Å²) in [4.78, 5) is 8.52. The van der Waals surface area contributed by atoms with Crippen molar-refractivity contribution in [3.63, 3.8) is 0 Å². The molecule has 0 aliphatic carbocycles. The first kappa shape index (κ1) is 16.0. The molecule has 0 aliphatic rings. The van der Waals surface area contributed by atoms with Crippen molar-refractivity contribution in [2.45, 2.75) is 13.2 Å². The molecule has 0 aliphatic heterocycles. The monoisotopic (exact) mass is 352 g/mol. The van der Waals surface area contributed by atoms with Crippen LogP contribution in [0.4, 0.5) is 0 Å². The Bertz CT molecular complexity index is 1010. The van der Waals surface area contributed by atoms with Crippen molar-refractivity contribution in [1.82, 2.24) is 29.5 Å². The first-order chi connectivity index (χ1) is 12.8. The Labute approximate surface area is 148 Å². The van der Waals surface area contributed by atoms with Gasteiger partial charge in [-0.3, -0.25) is 0 Å². The Balaban J connectivity index is 1.83. The molecule has 0 radical (unpaired) electrons. The highest BCUT2D eigenvalue weighted by Gasteiger charge is 2.19. The molecular weight excluding hydrogens is 336 g/mol. The van der Waals surface area contributed by atoms with Crippen molar-refractivity contribution in [3.8, 4) is 23.0 Å². The van der Waals surface area contributed by atoms with E-state index in [-0.39, 0.29) is 6.61 Å². The third-order valence-corrected chi connectivity index (χ3v) is 3.77. The Morgan fingerprint density at radius 1 is 1.19 bits per heavy atom. The predicted molar refractivity (Wildman–Crippen MR) is 90.7 cm³/mol. The van der Waals surface area contributed by atoms with Crippen molar-refractivity contribution < 1.29 is 14.3 Å². The van der Waals surface area contributed by atoms with Gasteiger partial charge < -0.3 is 14.3 Å². The third kappa shape index (κ3) is 2.95. The number of aromatic nitrogens is 6. The van der Waals surface area contributed by atoms with Gasteiger partial charge in [0, 0.05) is 0 Å². The molecule has 26 heavy (non-hydrogen) atoms. The van der Waals surface area contributed by atoms with Gasteiger partial charge in [0.1, 0.15) is 43.0 Å². The van der Waals surface area contributed by atoms with Crippen LogP contribution in [-0.2, 0) is 13.2 Å². The summed E-state index contributed by atoms with van der Waals surface area (Å²) >= 11 is 0. The third-order valence-electron chi connectivity index (χ3n) is 3.77. The van der Waals surface area contributed by atoms with E-state index in [0.717, 1.165) is 5.69 Å². The number of furan rings is 1. The van der Waals surface area contributed by atoms with Gasteiger partial charge in [-0.25, -0.2) is 19.3 Å². The molecule has 0 spiro atoms. The number of hydrogen-bond acceptors (Lipinski definition) is 7. The van der Waals surface area contributed by atoms with E-state index in [9.17, 15) is 5.11 Å². The van der Waals surface area contributed by atoms with Gasteiger partial charge in [-0.15, -0.1) is 5.10 Å². The summed E-state index contributed by atoms with van der Waals surface area (Å²) in [5.41, 5.74) is 0.726. The van der Waals surface area contributed by atoms with Crippen molar-refractivity contribution in [1.29, 1.82) is 0 Å². The molecule has 0 unspecified atom stereocenters. The molecule has 3 heterocycles. The highest BCUT2D eigenvalue weighted by atomic mass is 16.5. The van der Waals surface area contributed by atoms with Crippen LogP contribution in [0.15, 0.2) is 53.5 Å². The number of hydrogen-bond donors (Lipinski definition) is 1. The average Bonchev–Trinajstić information content (AvgIpc) is 3.42. The highest BCUT2D eigenvalue weighted by molar-refractivity contribution is 5.56. The minimum atomic E-state index is -0.186. The fraction of sp³-hybridized carbons (Fsp3) is 0.176. The zero-order valence-corrected chi connectivity index (χ0v) is 14.0. The molecule has 0 atom stereocenters. The second-order valence-corrected chi connectivity index (χ2v) is 5.45. The first-order valence-corrected chi connectivity index (χ1v) is 7.90.